The number of aliphatic hydroxyl groups is 3. The van der Waals surface area contributed by atoms with E-state index in [4.69, 9.17) is 47.7 Å². The molecular formula is C88H144O21. The van der Waals surface area contributed by atoms with E-state index in [0.29, 0.717) is 43.4 Å². The average Bonchev–Trinajstić information content (AvgIpc) is 1.71. The van der Waals surface area contributed by atoms with Gasteiger partial charge in [0.25, 0.3) is 0 Å². The molecule has 2 heterocycles. The Bertz CT molecular complexity index is 3180. The van der Waals surface area contributed by atoms with Gasteiger partial charge in [0.15, 0.2) is 6.61 Å². The fourth-order valence-corrected chi connectivity index (χ4v) is 20.4. The predicted octanol–water partition coefficient (Wildman–Crippen LogP) is 15.8. The zero-order valence-corrected chi connectivity index (χ0v) is 71.1. The van der Waals surface area contributed by atoms with Crippen LogP contribution in [0.1, 0.15) is 326 Å². The maximum Gasteiger partial charge on any atom is 0.344 e. The Hall–Kier alpha value is -4.89. The lowest BCUT2D eigenvalue weighted by Gasteiger charge is -2.62. The van der Waals surface area contributed by atoms with E-state index in [1.54, 1.807) is 13.8 Å². The lowest BCUT2D eigenvalue weighted by Crippen LogP contribution is -2.67. The highest BCUT2D eigenvalue weighted by atomic mass is 16.6. The smallest absolute Gasteiger partial charge is 0.344 e. The van der Waals surface area contributed by atoms with Crippen molar-refractivity contribution >= 4 is 53.7 Å². The molecule has 12 bridgehead atoms. The van der Waals surface area contributed by atoms with E-state index in [1.807, 2.05) is 104 Å². The lowest BCUT2D eigenvalue weighted by atomic mass is 9.46. The van der Waals surface area contributed by atoms with Crippen molar-refractivity contribution in [3.8, 4) is 0 Å². The summed E-state index contributed by atoms with van der Waals surface area (Å²) < 4.78 is 49.4. The molecule has 21 nitrogen and oxygen atoms in total. The molecule has 2 saturated heterocycles. The molecule has 12 unspecified atom stereocenters. The van der Waals surface area contributed by atoms with Gasteiger partial charge >= 0.3 is 53.7 Å². The van der Waals surface area contributed by atoms with Crippen LogP contribution in [0.4, 0.5) is 0 Å². The number of aliphatic hydroxyl groups excluding tert-OH is 1. The Morgan fingerprint density at radius 3 is 1.26 bits per heavy atom. The fraction of sp³-hybridized carbons (Fsp3) is 0.898. The standard InChI is InChI=1S/C19H32O2.C16H22O6.C16H26O4.C15H28O2.C14H20O4.C8H16O3/c1-6-17(2,3)16(20)21-18(4,5)19-10-13-7-14(11-19)9-15(8-13)12-19;1-4-16(2,3)15(19)20-7-11(17)21-12-8-5-9-10(6-8)14(18)22-13(9)12;1-4-13(2,3)12(17)20-16-7-11-5-14(18,9-16)8-15(19,6-11)10-16;1-6-14(2,3)13(16)17-15(4,5)12-10-8-7-9-11-12;1-4-14(2,3)13(16)18-10-7-5-8-9(6-7)12(15)17-11(8)10;1-4-8(2,3)7(10)11-6-5-9/h13-15H,6-12H2,1-5H3;8-10,12-13H,4-7H2,1-3H3;11,18-19H,4-10H2,1-3H3;12H,6-11H2,1-5H3;7-11H,4-6H2,1-3H3;9H,4-6H2,1-3H3. The Kier molecular flexibility index (Phi) is 27.9. The van der Waals surface area contributed by atoms with Gasteiger partial charge in [-0.1, -0.05) is 60.8 Å². The van der Waals surface area contributed by atoms with Crippen LogP contribution in [0.25, 0.3) is 0 Å². The highest BCUT2D eigenvalue weighted by molar-refractivity contribution is 5.82. The van der Waals surface area contributed by atoms with Crippen molar-refractivity contribution in [2.75, 3.05) is 19.8 Å². The van der Waals surface area contributed by atoms with Crippen LogP contribution in [0.3, 0.4) is 0 Å². The highest BCUT2D eigenvalue weighted by Crippen LogP contribution is 2.65. The van der Waals surface area contributed by atoms with Crippen molar-refractivity contribution in [1.82, 2.24) is 0 Å². The van der Waals surface area contributed by atoms with Crippen LogP contribution in [-0.2, 0) is 85.8 Å². The van der Waals surface area contributed by atoms with E-state index >= 15 is 0 Å². The molecule has 12 atom stereocenters. The third-order valence-corrected chi connectivity index (χ3v) is 29.5. The number of fused-ring (bicyclic) bond motifs is 2. The van der Waals surface area contributed by atoms with Gasteiger partial charge in [0, 0.05) is 48.3 Å². The van der Waals surface area contributed by atoms with Crippen molar-refractivity contribution in [2.45, 2.75) is 378 Å². The Labute approximate surface area is 652 Å². The van der Waals surface area contributed by atoms with Crippen LogP contribution in [0.2, 0.25) is 0 Å². The van der Waals surface area contributed by atoms with Crippen molar-refractivity contribution < 1.29 is 101 Å². The Balaban J connectivity index is 0.000000166. The van der Waals surface area contributed by atoms with Gasteiger partial charge in [0.2, 0.25) is 0 Å². The van der Waals surface area contributed by atoms with E-state index < -0.39 is 50.4 Å². The van der Waals surface area contributed by atoms with Gasteiger partial charge in [-0.15, -0.1) is 0 Å². The molecule has 3 N–H and O–H groups in total. The second kappa shape index (κ2) is 33.9. The lowest BCUT2D eigenvalue weighted by molar-refractivity contribution is -0.264. The quantitative estimate of drug-likeness (QED) is 0.0632. The fourth-order valence-electron chi connectivity index (χ4n) is 20.4. The van der Waals surface area contributed by atoms with Crippen molar-refractivity contribution in [1.29, 1.82) is 0 Å². The van der Waals surface area contributed by atoms with Gasteiger partial charge in [0.1, 0.15) is 47.8 Å². The van der Waals surface area contributed by atoms with Crippen LogP contribution in [0.5, 0.6) is 0 Å². The molecule has 15 aliphatic rings. The van der Waals surface area contributed by atoms with Crippen molar-refractivity contribution in [3.63, 3.8) is 0 Å². The van der Waals surface area contributed by atoms with Gasteiger partial charge in [-0.05, 0) is 275 Å². The van der Waals surface area contributed by atoms with Gasteiger partial charge in [-0.3, -0.25) is 38.4 Å². The van der Waals surface area contributed by atoms with Gasteiger partial charge < -0.3 is 58.0 Å². The maximum absolute atomic E-state index is 12.6. The van der Waals surface area contributed by atoms with Gasteiger partial charge in [-0.2, -0.15) is 0 Å². The van der Waals surface area contributed by atoms with Crippen LogP contribution >= 0.6 is 0 Å². The van der Waals surface area contributed by atoms with Crippen LogP contribution in [-0.4, -0.2) is 141 Å². The molecule has 109 heavy (non-hydrogen) atoms. The van der Waals surface area contributed by atoms with Crippen molar-refractivity contribution in [2.24, 2.45) is 103 Å². The molecule has 0 aromatic carbocycles. The minimum absolute atomic E-state index is 0.00636. The van der Waals surface area contributed by atoms with E-state index in [-0.39, 0.29) is 143 Å². The van der Waals surface area contributed by atoms with E-state index in [2.05, 4.69) is 34.6 Å². The topological polar surface area (TPSA) is 297 Å². The zero-order valence-electron chi connectivity index (χ0n) is 71.1. The van der Waals surface area contributed by atoms with E-state index in [9.17, 15) is 53.4 Å². The van der Waals surface area contributed by atoms with Crippen LogP contribution in [0, 0.1) is 103 Å². The second-order valence-electron chi connectivity index (χ2n) is 40.9. The first-order valence-corrected chi connectivity index (χ1v) is 42.3. The molecule has 13 saturated carbocycles. The highest BCUT2D eigenvalue weighted by Gasteiger charge is 2.67. The summed E-state index contributed by atoms with van der Waals surface area (Å²) in [6.45, 7) is 42.7. The summed E-state index contributed by atoms with van der Waals surface area (Å²) in [6.07, 6.45) is 25.0. The number of ether oxygens (including phenoxy) is 9. The first-order valence-electron chi connectivity index (χ1n) is 42.3. The minimum Gasteiger partial charge on any atom is -0.463 e. The molecule has 2 aliphatic heterocycles. The van der Waals surface area contributed by atoms with E-state index in [1.165, 1.54) is 70.6 Å². The zero-order chi connectivity index (χ0) is 81.4. The number of hydrogen-bond donors (Lipinski definition) is 3. The maximum atomic E-state index is 12.6. The number of carbonyl (C=O) groups is 9. The average molecular weight is 1540 g/mol. The molecule has 15 rings (SSSR count). The summed E-state index contributed by atoms with van der Waals surface area (Å²) >= 11 is 0. The Morgan fingerprint density at radius 1 is 0.440 bits per heavy atom. The molecule has 0 aromatic rings. The number of rotatable bonds is 23. The first kappa shape index (κ1) is 89.7. The molecule has 0 aromatic heterocycles. The molecule has 0 amide bonds. The third kappa shape index (κ3) is 20.3. The number of esters is 9. The number of hydrogen-bond acceptors (Lipinski definition) is 21. The summed E-state index contributed by atoms with van der Waals surface area (Å²) in [5.41, 5.74) is -5.40. The Morgan fingerprint density at radius 2 is 0.835 bits per heavy atom. The second-order valence-corrected chi connectivity index (χ2v) is 40.9. The summed E-state index contributed by atoms with van der Waals surface area (Å²) in [6, 6.07) is 0. The minimum atomic E-state index is -0.842. The summed E-state index contributed by atoms with van der Waals surface area (Å²) in [7, 11) is 0. The summed E-state index contributed by atoms with van der Waals surface area (Å²) in [4.78, 5) is 107. The van der Waals surface area contributed by atoms with Crippen molar-refractivity contribution in [3.05, 3.63) is 0 Å². The molecule has 622 valence electrons. The summed E-state index contributed by atoms with van der Waals surface area (Å²) in [5, 5.41) is 29.7. The molecule has 13 aliphatic carbocycles. The predicted molar refractivity (Wildman–Crippen MR) is 410 cm³/mol. The molecular weight excluding hydrogens is 1390 g/mol. The molecule has 21 heteroatoms. The van der Waals surface area contributed by atoms with Crippen LogP contribution in [0.15, 0.2) is 0 Å². The molecule has 0 spiro atoms. The first-order chi connectivity index (χ1) is 50.4. The summed E-state index contributed by atoms with van der Waals surface area (Å²) in [5.74, 6) is 2.70. The van der Waals surface area contributed by atoms with Crippen LogP contribution < -0.4 is 0 Å². The van der Waals surface area contributed by atoms with E-state index in [0.717, 1.165) is 94.8 Å². The number of carbonyl (C=O) groups excluding carboxylic acids is 9. The normalized spacial score (nSPS) is 34.0. The molecule has 15 fully saturated rings. The molecule has 0 radical (unpaired) electrons. The third-order valence-electron chi connectivity index (χ3n) is 29.5. The van der Waals surface area contributed by atoms with Gasteiger partial charge in [0.05, 0.1) is 62.1 Å². The van der Waals surface area contributed by atoms with Gasteiger partial charge in [-0.25, -0.2) is 4.79 Å². The monoisotopic (exact) mass is 1540 g/mol. The SMILES string of the molecule is CCC(C)(C)C(=O)OC(C)(C)C12CC3CC(CC(C3)C1)C2.CCC(C)(C)C(=O)OC(C)(C)C1CCCCC1.CCC(C)(C)C(=O)OC12CC3CC(O)(CC(O)(C3)C1)C2.CCC(C)(C)C(=O)OC1C2CC3C(=O)OC1C3C2.CCC(C)(C)C(=O)OCC(=O)OC1C2CC3C(=O)OC1C3C2.CCC(C)(C)C(=O)OCCO. The largest absolute Gasteiger partial charge is 0.463 e.